The van der Waals surface area contributed by atoms with Gasteiger partial charge in [0.25, 0.3) is 0 Å². The number of nitrogens with one attached hydrogen (secondary N) is 1. The van der Waals surface area contributed by atoms with Crippen LogP contribution in [0, 0.1) is 0 Å². The molecule has 1 unspecified atom stereocenters. The Kier molecular flexibility index (Phi) is 5.03. The van der Waals surface area contributed by atoms with Crippen molar-refractivity contribution in [2.24, 2.45) is 0 Å². The van der Waals surface area contributed by atoms with E-state index in [-0.39, 0.29) is 11.8 Å². The number of anilines is 1. The van der Waals surface area contributed by atoms with Gasteiger partial charge in [0.05, 0.1) is 5.75 Å². The monoisotopic (exact) mass is 368 g/mol. The van der Waals surface area contributed by atoms with Crippen LogP contribution in [0.25, 0.3) is 0 Å². The summed E-state index contributed by atoms with van der Waals surface area (Å²) in [5.41, 5.74) is 7.78. The Bertz CT molecular complexity index is 732. The average Bonchev–Trinajstić information content (AvgIpc) is 2.40. The first-order chi connectivity index (χ1) is 9.87. The van der Waals surface area contributed by atoms with Crippen LogP contribution in [-0.4, -0.2) is 8.42 Å². The molecule has 0 amide bonds. The van der Waals surface area contributed by atoms with Crippen molar-refractivity contribution in [2.75, 3.05) is 5.73 Å². The smallest absolute Gasteiger partial charge is 0.216 e. The van der Waals surface area contributed by atoms with Crippen LogP contribution < -0.4 is 10.5 Å². The summed E-state index contributed by atoms with van der Waals surface area (Å²) in [6.07, 6.45) is 0. The maximum atomic E-state index is 12.2. The summed E-state index contributed by atoms with van der Waals surface area (Å²) in [7, 11) is -3.46. The summed E-state index contributed by atoms with van der Waals surface area (Å²) in [4.78, 5) is 0. The largest absolute Gasteiger partial charge is 0.398 e. The molecule has 0 aliphatic rings. The fourth-order valence-corrected chi connectivity index (χ4v) is 3.87. The maximum absolute atomic E-state index is 12.2. The van der Waals surface area contributed by atoms with Crippen molar-refractivity contribution < 1.29 is 8.42 Å². The Morgan fingerprint density at radius 2 is 1.90 bits per heavy atom. The van der Waals surface area contributed by atoms with Gasteiger partial charge in [0, 0.05) is 16.2 Å². The summed E-state index contributed by atoms with van der Waals surface area (Å²) in [6.45, 7) is 1.81. The van der Waals surface area contributed by atoms with Crippen LogP contribution in [0.2, 0.25) is 0 Å². The van der Waals surface area contributed by atoms with Crippen molar-refractivity contribution in [1.29, 1.82) is 0 Å². The molecule has 0 fully saturated rings. The molecule has 0 saturated carbocycles. The summed E-state index contributed by atoms with van der Waals surface area (Å²) >= 11 is 3.38. The second-order valence-corrected chi connectivity index (χ2v) is 7.52. The molecule has 4 nitrogen and oxygen atoms in total. The fourth-order valence-electron chi connectivity index (χ4n) is 2.03. The Labute approximate surface area is 133 Å². The van der Waals surface area contributed by atoms with E-state index in [4.69, 9.17) is 5.73 Å². The summed E-state index contributed by atoms with van der Waals surface area (Å²) in [5.74, 6) is -0.127. The molecule has 0 radical (unpaired) electrons. The highest BCUT2D eigenvalue weighted by atomic mass is 79.9. The lowest BCUT2D eigenvalue weighted by molar-refractivity contribution is 0.566. The second kappa shape index (κ2) is 6.60. The normalized spacial score (nSPS) is 13.0. The van der Waals surface area contributed by atoms with Gasteiger partial charge in [-0.25, -0.2) is 13.1 Å². The number of hydrogen-bond acceptors (Lipinski definition) is 3. The van der Waals surface area contributed by atoms with E-state index in [1.807, 2.05) is 31.2 Å². The molecule has 0 aliphatic heterocycles. The molecule has 0 aromatic heterocycles. The quantitative estimate of drug-likeness (QED) is 0.795. The first kappa shape index (κ1) is 16.0. The molecule has 2 aromatic carbocycles. The molecule has 0 heterocycles. The molecule has 3 N–H and O–H groups in total. The van der Waals surface area contributed by atoms with Gasteiger partial charge in [0.15, 0.2) is 0 Å². The molecule has 2 aromatic rings. The minimum atomic E-state index is -3.46. The van der Waals surface area contributed by atoms with Gasteiger partial charge in [-0.05, 0) is 36.2 Å². The minimum Gasteiger partial charge on any atom is -0.398 e. The predicted molar refractivity (Wildman–Crippen MR) is 89.2 cm³/mol. The van der Waals surface area contributed by atoms with E-state index < -0.39 is 10.0 Å². The van der Waals surface area contributed by atoms with Crippen molar-refractivity contribution in [2.45, 2.75) is 18.7 Å². The Morgan fingerprint density at radius 1 is 1.19 bits per heavy atom. The number of benzene rings is 2. The highest BCUT2D eigenvalue weighted by Crippen LogP contribution is 2.20. The van der Waals surface area contributed by atoms with E-state index in [0.717, 1.165) is 10.0 Å². The molecule has 21 heavy (non-hydrogen) atoms. The van der Waals surface area contributed by atoms with E-state index in [2.05, 4.69) is 20.7 Å². The Hall–Kier alpha value is -1.37. The van der Waals surface area contributed by atoms with Crippen LogP contribution in [0.5, 0.6) is 0 Å². The second-order valence-electron chi connectivity index (χ2n) is 4.85. The lowest BCUT2D eigenvalue weighted by Gasteiger charge is -2.15. The standard InChI is InChI=1S/C15H17BrN2O2S/c1-11(12-6-4-7-14(16)9-12)18-21(19,20)10-13-5-2-3-8-15(13)17/h2-9,11,18H,10,17H2,1H3. The molecule has 2 rings (SSSR count). The number of rotatable bonds is 5. The van der Waals surface area contributed by atoms with E-state index >= 15 is 0 Å². The third-order valence-electron chi connectivity index (χ3n) is 3.11. The molecule has 0 saturated heterocycles. The highest BCUT2D eigenvalue weighted by Gasteiger charge is 2.17. The SMILES string of the molecule is CC(NS(=O)(=O)Cc1ccccc1N)c1cccc(Br)c1. The zero-order valence-corrected chi connectivity index (χ0v) is 14.0. The fraction of sp³-hybridized carbons (Fsp3) is 0.200. The summed E-state index contributed by atoms with van der Waals surface area (Å²) in [6, 6.07) is 14.2. The van der Waals surface area contributed by atoms with Crippen LogP contribution in [0.3, 0.4) is 0 Å². The lowest BCUT2D eigenvalue weighted by Crippen LogP contribution is -2.28. The van der Waals surface area contributed by atoms with Crippen molar-refractivity contribution in [3.63, 3.8) is 0 Å². The highest BCUT2D eigenvalue weighted by molar-refractivity contribution is 9.10. The number of para-hydroxylation sites is 1. The Balaban J connectivity index is 2.12. The van der Waals surface area contributed by atoms with Crippen LogP contribution >= 0.6 is 15.9 Å². The first-order valence-corrected chi connectivity index (χ1v) is 8.91. The number of sulfonamides is 1. The summed E-state index contributed by atoms with van der Waals surface area (Å²) in [5, 5.41) is 0. The molecular weight excluding hydrogens is 352 g/mol. The molecule has 6 heteroatoms. The predicted octanol–water partition coefficient (Wildman–Crippen LogP) is 3.21. The van der Waals surface area contributed by atoms with Gasteiger partial charge in [-0.3, -0.25) is 0 Å². The minimum absolute atomic E-state index is 0.127. The number of nitrogens with two attached hydrogens (primary N) is 1. The van der Waals surface area contributed by atoms with E-state index in [1.54, 1.807) is 24.3 Å². The number of nitrogen functional groups attached to an aromatic ring is 1. The van der Waals surface area contributed by atoms with Crippen LogP contribution in [-0.2, 0) is 15.8 Å². The van der Waals surface area contributed by atoms with Gasteiger partial charge < -0.3 is 5.73 Å². The number of hydrogen-bond donors (Lipinski definition) is 2. The third kappa shape index (κ3) is 4.56. The van der Waals surface area contributed by atoms with Crippen LogP contribution in [0.15, 0.2) is 53.0 Å². The molecular formula is C15H17BrN2O2S. The van der Waals surface area contributed by atoms with E-state index in [1.165, 1.54) is 0 Å². The topological polar surface area (TPSA) is 72.2 Å². The van der Waals surface area contributed by atoms with Gasteiger partial charge in [0.2, 0.25) is 10.0 Å². The van der Waals surface area contributed by atoms with Crippen molar-refractivity contribution in [1.82, 2.24) is 4.72 Å². The lowest BCUT2D eigenvalue weighted by atomic mass is 10.1. The van der Waals surface area contributed by atoms with Crippen LogP contribution in [0.1, 0.15) is 24.1 Å². The number of halogens is 1. The van der Waals surface area contributed by atoms with Crippen molar-refractivity contribution >= 4 is 31.6 Å². The van der Waals surface area contributed by atoms with E-state index in [0.29, 0.717) is 11.3 Å². The van der Waals surface area contributed by atoms with Gasteiger partial charge in [-0.1, -0.05) is 46.3 Å². The van der Waals surface area contributed by atoms with Gasteiger partial charge in [0.1, 0.15) is 0 Å². The van der Waals surface area contributed by atoms with Gasteiger partial charge in [-0.15, -0.1) is 0 Å². The molecule has 1 atom stereocenters. The van der Waals surface area contributed by atoms with E-state index in [9.17, 15) is 8.42 Å². The summed E-state index contributed by atoms with van der Waals surface area (Å²) < 4.78 is 28.1. The molecule has 0 spiro atoms. The zero-order valence-electron chi connectivity index (χ0n) is 11.6. The Morgan fingerprint density at radius 3 is 2.57 bits per heavy atom. The van der Waals surface area contributed by atoms with Gasteiger partial charge >= 0.3 is 0 Å². The van der Waals surface area contributed by atoms with Gasteiger partial charge in [-0.2, -0.15) is 0 Å². The molecule has 0 bridgehead atoms. The third-order valence-corrected chi connectivity index (χ3v) is 5.00. The molecule has 112 valence electrons. The maximum Gasteiger partial charge on any atom is 0.216 e. The van der Waals surface area contributed by atoms with Crippen LogP contribution in [0.4, 0.5) is 5.69 Å². The van der Waals surface area contributed by atoms with Crippen molar-refractivity contribution in [3.8, 4) is 0 Å². The molecule has 0 aliphatic carbocycles. The average molecular weight is 369 g/mol. The van der Waals surface area contributed by atoms with Crippen molar-refractivity contribution in [3.05, 3.63) is 64.1 Å². The zero-order chi connectivity index (χ0) is 15.5. The first-order valence-electron chi connectivity index (χ1n) is 6.46.